The third kappa shape index (κ3) is 4.51. The van der Waals surface area contributed by atoms with Crippen LogP contribution in [0.25, 0.3) is 11.1 Å². The Morgan fingerprint density at radius 1 is 1.07 bits per heavy atom. The van der Waals surface area contributed by atoms with E-state index < -0.39 is 18.1 Å². The van der Waals surface area contributed by atoms with E-state index in [9.17, 15) is 14.7 Å². The van der Waals surface area contributed by atoms with E-state index in [1.165, 1.54) is 0 Å². The van der Waals surface area contributed by atoms with Crippen molar-refractivity contribution < 1.29 is 24.2 Å². The third-order valence-corrected chi connectivity index (χ3v) is 4.86. The lowest BCUT2D eigenvalue weighted by Crippen LogP contribution is -2.44. The maximum Gasteiger partial charge on any atom is 0.407 e. The molecule has 6 nitrogen and oxygen atoms in total. The summed E-state index contributed by atoms with van der Waals surface area (Å²) in [5.74, 6) is -1.22. The molecule has 6 heteroatoms. The number of fused-ring (bicyclic) bond motifs is 3. The molecule has 0 spiro atoms. The SMILES string of the molecule is CCCCOCC(NC(=O)OCC1c2ccccc2-c2ccccc21)C(=O)O. The first-order valence-corrected chi connectivity index (χ1v) is 9.54. The van der Waals surface area contributed by atoms with Crippen LogP contribution in [0.5, 0.6) is 0 Å². The van der Waals surface area contributed by atoms with E-state index in [4.69, 9.17) is 9.47 Å². The molecule has 0 aliphatic heterocycles. The van der Waals surface area contributed by atoms with Gasteiger partial charge in [0.15, 0.2) is 6.04 Å². The van der Waals surface area contributed by atoms with Gasteiger partial charge in [-0.2, -0.15) is 0 Å². The number of amides is 1. The Kier molecular flexibility index (Phi) is 6.66. The first-order chi connectivity index (χ1) is 13.6. The topological polar surface area (TPSA) is 84.9 Å². The van der Waals surface area contributed by atoms with Crippen LogP contribution in [-0.4, -0.2) is 43.0 Å². The maximum absolute atomic E-state index is 12.2. The van der Waals surface area contributed by atoms with Gasteiger partial charge in [-0.05, 0) is 28.7 Å². The van der Waals surface area contributed by atoms with E-state index in [0.29, 0.717) is 6.61 Å². The van der Waals surface area contributed by atoms with Crippen LogP contribution in [0.3, 0.4) is 0 Å². The zero-order chi connectivity index (χ0) is 19.9. The van der Waals surface area contributed by atoms with Crippen LogP contribution in [0.2, 0.25) is 0 Å². The molecule has 1 aliphatic carbocycles. The van der Waals surface area contributed by atoms with Crippen LogP contribution < -0.4 is 5.32 Å². The number of carbonyl (C=O) groups is 2. The average Bonchev–Trinajstić information content (AvgIpc) is 3.02. The summed E-state index contributed by atoms with van der Waals surface area (Å²) in [6.45, 7) is 2.54. The van der Waals surface area contributed by atoms with Crippen LogP contribution in [0.15, 0.2) is 48.5 Å². The molecule has 148 valence electrons. The lowest BCUT2D eigenvalue weighted by molar-refractivity contribution is -0.141. The van der Waals surface area contributed by atoms with E-state index in [1.807, 2.05) is 43.3 Å². The molecule has 0 bridgehead atoms. The van der Waals surface area contributed by atoms with E-state index in [0.717, 1.165) is 35.1 Å². The predicted molar refractivity (Wildman–Crippen MR) is 105 cm³/mol. The molecule has 1 aliphatic rings. The van der Waals surface area contributed by atoms with E-state index >= 15 is 0 Å². The third-order valence-electron chi connectivity index (χ3n) is 4.86. The number of carbonyl (C=O) groups excluding carboxylic acids is 1. The van der Waals surface area contributed by atoms with Gasteiger partial charge in [0, 0.05) is 12.5 Å². The number of carboxylic acids is 1. The summed E-state index contributed by atoms with van der Waals surface area (Å²) in [5.41, 5.74) is 4.49. The molecule has 0 saturated carbocycles. The molecule has 1 unspecified atom stereocenters. The first kappa shape index (κ1) is 19.9. The fourth-order valence-corrected chi connectivity index (χ4v) is 3.40. The second-order valence-corrected chi connectivity index (χ2v) is 6.79. The van der Waals surface area contributed by atoms with Crippen molar-refractivity contribution in [3.05, 3.63) is 59.7 Å². The second-order valence-electron chi connectivity index (χ2n) is 6.79. The van der Waals surface area contributed by atoms with Crippen molar-refractivity contribution in [1.29, 1.82) is 0 Å². The minimum atomic E-state index is -1.15. The minimum absolute atomic E-state index is 0.0674. The molecule has 0 heterocycles. The predicted octanol–water partition coefficient (Wildman–Crippen LogP) is 3.80. The Morgan fingerprint density at radius 3 is 2.25 bits per heavy atom. The van der Waals surface area contributed by atoms with Gasteiger partial charge >= 0.3 is 12.1 Å². The minimum Gasteiger partial charge on any atom is -0.480 e. The number of hydrogen-bond donors (Lipinski definition) is 2. The van der Waals surface area contributed by atoms with Crippen LogP contribution in [0.4, 0.5) is 4.79 Å². The van der Waals surface area contributed by atoms with Crippen molar-refractivity contribution in [3.63, 3.8) is 0 Å². The quantitative estimate of drug-likeness (QED) is 0.644. The highest BCUT2D eigenvalue weighted by atomic mass is 16.5. The van der Waals surface area contributed by atoms with Gasteiger partial charge in [0.1, 0.15) is 6.61 Å². The van der Waals surface area contributed by atoms with Crippen LogP contribution >= 0.6 is 0 Å². The molecule has 3 rings (SSSR count). The Balaban J connectivity index is 1.60. The molecule has 2 aromatic carbocycles. The lowest BCUT2D eigenvalue weighted by Gasteiger charge is -2.17. The number of rotatable bonds is 9. The number of ether oxygens (including phenoxy) is 2. The van der Waals surface area contributed by atoms with Gasteiger partial charge in [-0.3, -0.25) is 0 Å². The summed E-state index contributed by atoms with van der Waals surface area (Å²) in [7, 11) is 0. The molecule has 28 heavy (non-hydrogen) atoms. The summed E-state index contributed by atoms with van der Waals surface area (Å²) in [6.07, 6.45) is 1.04. The lowest BCUT2D eigenvalue weighted by atomic mass is 9.98. The van der Waals surface area contributed by atoms with Crippen LogP contribution in [0.1, 0.15) is 36.8 Å². The zero-order valence-electron chi connectivity index (χ0n) is 15.9. The zero-order valence-corrected chi connectivity index (χ0v) is 15.9. The second kappa shape index (κ2) is 9.37. The molecule has 0 radical (unpaired) electrons. The number of carboxylic acid groups (broad SMARTS) is 1. The number of aliphatic carboxylic acids is 1. The van der Waals surface area contributed by atoms with Crippen molar-refractivity contribution >= 4 is 12.1 Å². The van der Waals surface area contributed by atoms with Crippen molar-refractivity contribution in [2.24, 2.45) is 0 Å². The van der Waals surface area contributed by atoms with Gasteiger partial charge < -0.3 is 19.9 Å². The van der Waals surface area contributed by atoms with Gasteiger partial charge in [0.25, 0.3) is 0 Å². The fourth-order valence-electron chi connectivity index (χ4n) is 3.40. The Morgan fingerprint density at radius 2 is 1.68 bits per heavy atom. The van der Waals surface area contributed by atoms with Crippen molar-refractivity contribution in [3.8, 4) is 11.1 Å². The first-order valence-electron chi connectivity index (χ1n) is 9.54. The summed E-state index contributed by atoms with van der Waals surface area (Å²) in [6, 6.07) is 14.9. The normalized spacial score (nSPS) is 13.5. The number of benzene rings is 2. The summed E-state index contributed by atoms with van der Waals surface area (Å²) < 4.78 is 10.7. The summed E-state index contributed by atoms with van der Waals surface area (Å²) in [4.78, 5) is 23.5. The molecule has 0 saturated heterocycles. The van der Waals surface area contributed by atoms with Gasteiger partial charge in [-0.25, -0.2) is 9.59 Å². The summed E-state index contributed by atoms with van der Waals surface area (Å²) in [5, 5.41) is 11.6. The molecule has 2 N–H and O–H groups in total. The molecular formula is C22H25NO5. The Bertz CT molecular complexity index is 790. The number of alkyl carbamates (subject to hydrolysis) is 1. The number of nitrogens with one attached hydrogen (secondary N) is 1. The van der Waals surface area contributed by atoms with Gasteiger partial charge in [0.2, 0.25) is 0 Å². The molecular weight excluding hydrogens is 358 g/mol. The number of unbranched alkanes of at least 4 members (excludes halogenated alkanes) is 1. The maximum atomic E-state index is 12.2. The molecule has 1 amide bonds. The molecule has 0 aromatic heterocycles. The van der Waals surface area contributed by atoms with Crippen molar-refractivity contribution in [2.75, 3.05) is 19.8 Å². The fraction of sp³-hybridized carbons (Fsp3) is 0.364. The van der Waals surface area contributed by atoms with E-state index in [1.54, 1.807) is 0 Å². The standard InChI is InChI=1S/C22H25NO5/c1-2-3-12-27-14-20(21(24)25)23-22(26)28-13-19-17-10-6-4-8-15(17)16-9-5-7-11-18(16)19/h4-11,19-20H,2-3,12-14H2,1H3,(H,23,26)(H,24,25). The van der Waals surface area contributed by atoms with Crippen LogP contribution in [-0.2, 0) is 14.3 Å². The Hall–Kier alpha value is -2.86. The van der Waals surface area contributed by atoms with Gasteiger partial charge in [-0.15, -0.1) is 0 Å². The van der Waals surface area contributed by atoms with Gasteiger partial charge in [0.05, 0.1) is 6.61 Å². The summed E-state index contributed by atoms with van der Waals surface area (Å²) >= 11 is 0. The van der Waals surface area contributed by atoms with Crippen molar-refractivity contribution in [1.82, 2.24) is 5.32 Å². The monoisotopic (exact) mass is 383 g/mol. The van der Waals surface area contributed by atoms with Gasteiger partial charge in [-0.1, -0.05) is 61.9 Å². The highest BCUT2D eigenvalue weighted by Crippen LogP contribution is 2.44. The van der Waals surface area contributed by atoms with E-state index in [2.05, 4.69) is 17.4 Å². The Labute approximate surface area is 164 Å². The van der Waals surface area contributed by atoms with Crippen molar-refractivity contribution in [2.45, 2.75) is 31.7 Å². The molecule has 0 fully saturated rings. The number of hydrogen-bond acceptors (Lipinski definition) is 4. The smallest absolute Gasteiger partial charge is 0.407 e. The molecule has 1 atom stereocenters. The highest BCUT2D eigenvalue weighted by molar-refractivity contribution is 5.81. The average molecular weight is 383 g/mol. The largest absolute Gasteiger partial charge is 0.480 e. The highest BCUT2D eigenvalue weighted by Gasteiger charge is 2.29. The van der Waals surface area contributed by atoms with Crippen LogP contribution in [0, 0.1) is 0 Å². The molecule has 2 aromatic rings. The van der Waals surface area contributed by atoms with E-state index in [-0.39, 0.29) is 19.1 Å².